The van der Waals surface area contributed by atoms with E-state index in [9.17, 15) is 0 Å². The maximum Gasteiger partial charge on any atom is 0.0301 e. The van der Waals surface area contributed by atoms with E-state index in [2.05, 4.69) is 25.1 Å². The summed E-state index contributed by atoms with van der Waals surface area (Å²) in [6.07, 6.45) is 12.8. The molecule has 1 aliphatic rings. The van der Waals surface area contributed by atoms with Crippen LogP contribution in [0.2, 0.25) is 0 Å². The third kappa shape index (κ3) is 2.48. The van der Waals surface area contributed by atoms with Gasteiger partial charge >= 0.3 is 0 Å². The van der Waals surface area contributed by atoms with E-state index < -0.39 is 0 Å². The summed E-state index contributed by atoms with van der Waals surface area (Å²) in [5.74, 6) is 0. The average Bonchev–Trinajstić information content (AvgIpc) is 2.52. The molecular formula is C13H18S. The van der Waals surface area contributed by atoms with Crippen molar-refractivity contribution in [2.24, 2.45) is 0 Å². The monoisotopic (exact) mass is 206 g/mol. The summed E-state index contributed by atoms with van der Waals surface area (Å²) in [6, 6.07) is 2.37. The quantitative estimate of drug-likeness (QED) is 0.583. The maximum absolute atomic E-state index is 2.37. The minimum atomic E-state index is 1.26. The Balaban J connectivity index is 2.21. The molecule has 0 saturated heterocycles. The molecule has 0 atom stereocenters. The van der Waals surface area contributed by atoms with Gasteiger partial charge in [-0.25, -0.2) is 0 Å². The maximum atomic E-state index is 2.37. The highest BCUT2D eigenvalue weighted by atomic mass is 32.1. The number of aryl methyl sites for hydroxylation is 2. The van der Waals surface area contributed by atoms with Crippen LogP contribution in [0.15, 0.2) is 12.1 Å². The lowest BCUT2D eigenvalue weighted by atomic mass is 10.0. The molecule has 2 rings (SSSR count). The van der Waals surface area contributed by atoms with E-state index in [1.54, 1.807) is 5.56 Å². The minimum Gasteiger partial charge on any atom is -0.141 e. The third-order valence-electron chi connectivity index (χ3n) is 2.80. The van der Waals surface area contributed by atoms with Gasteiger partial charge < -0.3 is 0 Å². The average molecular weight is 206 g/mol. The highest BCUT2D eigenvalue weighted by molar-refractivity contribution is 7.13. The zero-order chi connectivity index (χ0) is 9.80. The molecule has 14 heavy (non-hydrogen) atoms. The van der Waals surface area contributed by atoms with Crippen molar-refractivity contribution in [2.75, 3.05) is 0 Å². The van der Waals surface area contributed by atoms with Crippen LogP contribution in [-0.4, -0.2) is 0 Å². The lowest BCUT2D eigenvalue weighted by Crippen LogP contribution is -1.87. The van der Waals surface area contributed by atoms with Crippen LogP contribution in [0.5, 0.6) is 0 Å². The predicted molar refractivity (Wildman–Crippen MR) is 64.9 cm³/mol. The summed E-state index contributed by atoms with van der Waals surface area (Å²) >= 11 is 1.94. The zero-order valence-corrected chi connectivity index (χ0v) is 9.70. The van der Waals surface area contributed by atoms with Crippen LogP contribution in [0.4, 0.5) is 0 Å². The molecule has 1 aliphatic carbocycles. The van der Waals surface area contributed by atoms with Gasteiger partial charge in [-0.05, 0) is 50.3 Å². The fraction of sp³-hybridized carbons (Fsp3) is 0.538. The molecule has 76 valence electrons. The van der Waals surface area contributed by atoms with Gasteiger partial charge in [0.2, 0.25) is 0 Å². The van der Waals surface area contributed by atoms with Gasteiger partial charge in [0.25, 0.3) is 0 Å². The van der Waals surface area contributed by atoms with Crippen molar-refractivity contribution in [3.05, 3.63) is 27.5 Å². The molecule has 0 spiro atoms. The van der Waals surface area contributed by atoms with E-state index >= 15 is 0 Å². The van der Waals surface area contributed by atoms with Crippen molar-refractivity contribution in [2.45, 2.75) is 45.4 Å². The molecule has 1 heteroatoms. The van der Waals surface area contributed by atoms with Gasteiger partial charge in [-0.15, -0.1) is 11.3 Å². The Morgan fingerprint density at radius 2 is 2.00 bits per heavy atom. The van der Waals surface area contributed by atoms with Crippen LogP contribution in [0.1, 0.15) is 47.4 Å². The molecule has 0 amide bonds. The summed E-state index contributed by atoms with van der Waals surface area (Å²) in [5.41, 5.74) is 1.57. The number of rotatable bonds is 0. The molecule has 0 N–H and O–H groups in total. The molecule has 0 saturated carbocycles. The lowest BCUT2D eigenvalue weighted by molar-refractivity contribution is 0.645. The standard InChI is InChI=1S/C13H18S/c1-11-10-12-8-6-4-2-3-5-7-9-13(12)14-11/h7,9-10H,2-6,8H2,1H3/b9-7-. The van der Waals surface area contributed by atoms with Gasteiger partial charge in [0.1, 0.15) is 0 Å². The molecule has 1 aromatic rings. The molecule has 1 aromatic heterocycles. The number of allylic oxidation sites excluding steroid dienone is 1. The first kappa shape index (κ1) is 9.97. The van der Waals surface area contributed by atoms with Gasteiger partial charge in [-0.2, -0.15) is 0 Å². The van der Waals surface area contributed by atoms with Crippen LogP contribution in [-0.2, 0) is 6.42 Å². The van der Waals surface area contributed by atoms with Crippen LogP contribution in [0, 0.1) is 6.92 Å². The summed E-state index contributed by atoms with van der Waals surface area (Å²) in [5, 5.41) is 0. The second-order valence-corrected chi connectivity index (χ2v) is 5.39. The van der Waals surface area contributed by atoms with Crippen molar-refractivity contribution in [3.8, 4) is 0 Å². The summed E-state index contributed by atoms with van der Waals surface area (Å²) in [6.45, 7) is 2.21. The van der Waals surface area contributed by atoms with Gasteiger partial charge in [-0.3, -0.25) is 0 Å². The first-order valence-corrected chi connectivity index (χ1v) is 6.44. The van der Waals surface area contributed by atoms with Crippen molar-refractivity contribution in [3.63, 3.8) is 0 Å². The first-order valence-electron chi connectivity index (χ1n) is 5.62. The number of thiophene rings is 1. The van der Waals surface area contributed by atoms with Gasteiger partial charge in [-0.1, -0.05) is 18.9 Å². The Hall–Kier alpha value is -0.560. The lowest BCUT2D eigenvalue weighted by Gasteiger charge is -2.03. The van der Waals surface area contributed by atoms with E-state index in [0.29, 0.717) is 0 Å². The molecule has 0 unspecified atom stereocenters. The minimum absolute atomic E-state index is 1.26. The van der Waals surface area contributed by atoms with Gasteiger partial charge in [0, 0.05) is 9.75 Å². The summed E-state index contributed by atoms with van der Waals surface area (Å²) in [4.78, 5) is 2.96. The third-order valence-corrected chi connectivity index (χ3v) is 3.86. The number of hydrogen-bond donors (Lipinski definition) is 0. The van der Waals surface area contributed by atoms with Gasteiger partial charge in [0.15, 0.2) is 0 Å². The van der Waals surface area contributed by atoms with Gasteiger partial charge in [0.05, 0.1) is 0 Å². The molecular weight excluding hydrogens is 188 g/mol. The molecule has 0 aliphatic heterocycles. The topological polar surface area (TPSA) is 0 Å². The predicted octanol–water partition coefficient (Wildman–Crippen LogP) is 4.58. The van der Waals surface area contributed by atoms with Crippen LogP contribution < -0.4 is 0 Å². The van der Waals surface area contributed by atoms with E-state index in [1.807, 2.05) is 11.3 Å². The molecule has 1 heterocycles. The highest BCUT2D eigenvalue weighted by Crippen LogP contribution is 2.26. The van der Waals surface area contributed by atoms with Crippen molar-refractivity contribution < 1.29 is 0 Å². The Kier molecular flexibility index (Phi) is 3.41. The molecule has 0 radical (unpaired) electrons. The number of fused-ring (bicyclic) bond motifs is 1. The van der Waals surface area contributed by atoms with E-state index in [0.717, 1.165) is 0 Å². The van der Waals surface area contributed by atoms with E-state index in [4.69, 9.17) is 0 Å². The molecule has 0 bridgehead atoms. The Labute approximate surface area is 90.7 Å². The SMILES string of the molecule is Cc1cc2c(s1)/C=C\CCCCCC2. The normalized spacial score (nSPS) is 20.1. The van der Waals surface area contributed by atoms with Crippen LogP contribution >= 0.6 is 11.3 Å². The fourth-order valence-corrected chi connectivity index (χ4v) is 3.05. The van der Waals surface area contributed by atoms with Crippen LogP contribution in [0.3, 0.4) is 0 Å². The Morgan fingerprint density at radius 3 is 2.93 bits per heavy atom. The second kappa shape index (κ2) is 4.79. The largest absolute Gasteiger partial charge is 0.141 e. The van der Waals surface area contributed by atoms with Crippen molar-refractivity contribution in [1.29, 1.82) is 0 Å². The number of hydrogen-bond acceptors (Lipinski definition) is 1. The smallest absolute Gasteiger partial charge is 0.0301 e. The molecule has 0 nitrogen and oxygen atoms in total. The highest BCUT2D eigenvalue weighted by Gasteiger charge is 2.05. The first-order chi connectivity index (χ1) is 6.86. The van der Waals surface area contributed by atoms with Crippen molar-refractivity contribution >= 4 is 17.4 Å². The Morgan fingerprint density at radius 1 is 1.14 bits per heavy atom. The zero-order valence-electron chi connectivity index (χ0n) is 8.88. The molecule has 0 fully saturated rings. The van der Waals surface area contributed by atoms with Crippen LogP contribution in [0.25, 0.3) is 6.08 Å². The van der Waals surface area contributed by atoms with E-state index in [1.165, 1.54) is 48.3 Å². The Bertz CT molecular complexity index is 320. The second-order valence-electron chi connectivity index (χ2n) is 4.10. The summed E-state index contributed by atoms with van der Waals surface area (Å²) < 4.78 is 0. The molecule has 0 aromatic carbocycles. The van der Waals surface area contributed by atoms with Crippen molar-refractivity contribution in [1.82, 2.24) is 0 Å². The summed E-state index contributed by atoms with van der Waals surface area (Å²) in [7, 11) is 0. The van der Waals surface area contributed by atoms with E-state index in [-0.39, 0.29) is 0 Å². The fourth-order valence-electron chi connectivity index (χ4n) is 2.04.